The molecule has 0 aliphatic rings. The van der Waals surface area contributed by atoms with Gasteiger partial charge in [0.05, 0.1) is 18.2 Å². The lowest BCUT2D eigenvalue weighted by molar-refractivity contribution is 0.141. The lowest BCUT2D eigenvalue weighted by atomic mass is 10.2. The zero-order valence-corrected chi connectivity index (χ0v) is 8.09. The Bertz CT molecular complexity index is 364. The van der Waals surface area contributed by atoms with Gasteiger partial charge in [0.25, 0.3) is 0 Å². The fraction of sp³-hybridized carbons (Fsp3) is 0.300. The van der Waals surface area contributed by atoms with E-state index in [2.05, 4.69) is 4.74 Å². The first-order chi connectivity index (χ1) is 7.19. The highest BCUT2D eigenvalue weighted by Crippen LogP contribution is 2.22. The van der Waals surface area contributed by atoms with Crippen molar-refractivity contribution in [2.75, 3.05) is 20.3 Å². The molecule has 0 radical (unpaired) electrons. The van der Waals surface area contributed by atoms with Crippen LogP contribution in [0, 0.1) is 23.0 Å². The maximum Gasteiger partial charge on any atom is 0.190 e. The van der Waals surface area contributed by atoms with Crippen LogP contribution in [0.1, 0.15) is 5.56 Å². The van der Waals surface area contributed by atoms with Crippen molar-refractivity contribution in [2.45, 2.75) is 0 Å². The number of hydrogen-bond donors (Lipinski definition) is 0. The summed E-state index contributed by atoms with van der Waals surface area (Å²) in [6, 6.07) is 3.49. The van der Waals surface area contributed by atoms with Gasteiger partial charge in [-0.2, -0.15) is 5.26 Å². The molecule has 0 aliphatic carbocycles. The van der Waals surface area contributed by atoms with E-state index in [1.807, 2.05) is 0 Å². The number of nitriles is 1. The fourth-order valence-corrected chi connectivity index (χ4v) is 0.989. The van der Waals surface area contributed by atoms with Crippen LogP contribution in [-0.2, 0) is 4.74 Å². The molecule has 1 aromatic rings. The van der Waals surface area contributed by atoms with Crippen molar-refractivity contribution in [1.29, 1.82) is 5.26 Å². The maximum atomic E-state index is 13.2. The number of hydrogen-bond acceptors (Lipinski definition) is 3. The van der Waals surface area contributed by atoms with Crippen molar-refractivity contribution in [3.8, 4) is 11.8 Å². The second-order valence-electron chi connectivity index (χ2n) is 2.72. The van der Waals surface area contributed by atoms with E-state index < -0.39 is 17.4 Å². The van der Waals surface area contributed by atoms with Gasteiger partial charge in [0.1, 0.15) is 6.61 Å². The van der Waals surface area contributed by atoms with Crippen molar-refractivity contribution >= 4 is 0 Å². The minimum absolute atomic E-state index is 0.0518. The normalized spacial score (nSPS) is 9.73. The molecule has 0 atom stereocenters. The zero-order chi connectivity index (χ0) is 11.3. The van der Waals surface area contributed by atoms with Crippen molar-refractivity contribution < 1.29 is 18.3 Å². The summed E-state index contributed by atoms with van der Waals surface area (Å²) < 4.78 is 35.8. The molecule has 0 unspecified atom stereocenters. The molecule has 0 amide bonds. The summed E-state index contributed by atoms with van der Waals surface area (Å²) in [7, 11) is 1.45. The SMILES string of the molecule is COCCOc1c(F)cc(C#N)cc1F. The largest absolute Gasteiger partial charge is 0.485 e. The zero-order valence-electron chi connectivity index (χ0n) is 8.09. The van der Waals surface area contributed by atoms with Gasteiger partial charge in [-0.05, 0) is 12.1 Å². The van der Waals surface area contributed by atoms with Crippen LogP contribution in [0.4, 0.5) is 8.78 Å². The van der Waals surface area contributed by atoms with Crippen LogP contribution < -0.4 is 4.74 Å². The number of benzene rings is 1. The summed E-state index contributed by atoms with van der Waals surface area (Å²) in [5, 5.41) is 8.45. The highest BCUT2D eigenvalue weighted by molar-refractivity contribution is 5.37. The van der Waals surface area contributed by atoms with Crippen LogP contribution in [0.25, 0.3) is 0 Å². The Morgan fingerprint density at radius 3 is 2.33 bits per heavy atom. The van der Waals surface area contributed by atoms with E-state index in [0.29, 0.717) is 0 Å². The Hall–Kier alpha value is -1.67. The first-order valence-electron chi connectivity index (χ1n) is 4.20. The smallest absolute Gasteiger partial charge is 0.190 e. The van der Waals surface area contributed by atoms with E-state index >= 15 is 0 Å². The van der Waals surface area contributed by atoms with Crippen molar-refractivity contribution in [3.05, 3.63) is 29.3 Å². The molecule has 3 nitrogen and oxygen atoms in total. The standard InChI is InChI=1S/C10H9F2NO2/c1-14-2-3-15-10-8(11)4-7(6-13)5-9(10)12/h4-5H,2-3H2,1H3. The van der Waals surface area contributed by atoms with Gasteiger partial charge in [-0.25, -0.2) is 8.78 Å². The third kappa shape index (κ3) is 2.89. The van der Waals surface area contributed by atoms with Crippen LogP contribution in [0.5, 0.6) is 5.75 Å². The highest BCUT2D eigenvalue weighted by atomic mass is 19.1. The molecule has 0 fully saturated rings. The van der Waals surface area contributed by atoms with Crippen molar-refractivity contribution in [1.82, 2.24) is 0 Å². The molecule has 0 saturated heterocycles. The number of methoxy groups -OCH3 is 1. The molecule has 0 heterocycles. The lowest BCUT2D eigenvalue weighted by Gasteiger charge is -2.07. The molecule has 5 heteroatoms. The third-order valence-electron chi connectivity index (χ3n) is 1.66. The molecule has 1 rings (SSSR count). The maximum absolute atomic E-state index is 13.2. The van der Waals surface area contributed by atoms with E-state index in [0.717, 1.165) is 12.1 Å². The molecule has 80 valence electrons. The number of rotatable bonds is 4. The van der Waals surface area contributed by atoms with E-state index in [-0.39, 0.29) is 18.8 Å². The molecule has 0 spiro atoms. The Kier molecular flexibility index (Phi) is 4.01. The third-order valence-corrected chi connectivity index (χ3v) is 1.66. The Balaban J connectivity index is 2.85. The monoisotopic (exact) mass is 213 g/mol. The molecule has 1 aromatic carbocycles. The number of ether oxygens (including phenoxy) is 2. The molecule has 15 heavy (non-hydrogen) atoms. The summed E-state index contributed by atoms with van der Waals surface area (Å²) in [5.41, 5.74) is -0.0795. The summed E-state index contributed by atoms with van der Waals surface area (Å²) in [6.07, 6.45) is 0. The predicted molar refractivity (Wildman–Crippen MR) is 48.4 cm³/mol. The predicted octanol–water partition coefficient (Wildman–Crippen LogP) is 1.86. The second-order valence-corrected chi connectivity index (χ2v) is 2.72. The van der Waals surface area contributed by atoms with Crippen LogP contribution in [0.3, 0.4) is 0 Å². The molecular weight excluding hydrogens is 204 g/mol. The van der Waals surface area contributed by atoms with Crippen molar-refractivity contribution in [3.63, 3.8) is 0 Å². The fourth-order valence-electron chi connectivity index (χ4n) is 0.989. The Morgan fingerprint density at radius 1 is 1.27 bits per heavy atom. The van der Waals surface area contributed by atoms with Gasteiger partial charge in [0, 0.05) is 7.11 Å². The van der Waals surface area contributed by atoms with Crippen molar-refractivity contribution in [2.24, 2.45) is 0 Å². The van der Waals surface area contributed by atoms with Gasteiger partial charge in [-0.15, -0.1) is 0 Å². The van der Waals surface area contributed by atoms with E-state index in [1.165, 1.54) is 7.11 Å². The number of halogens is 2. The molecule has 0 N–H and O–H groups in total. The Morgan fingerprint density at radius 2 is 1.87 bits per heavy atom. The molecule has 0 aliphatic heterocycles. The summed E-state index contributed by atoms with van der Waals surface area (Å²) in [5.74, 6) is -2.25. The summed E-state index contributed by atoms with van der Waals surface area (Å²) in [6.45, 7) is 0.287. The average molecular weight is 213 g/mol. The van der Waals surface area contributed by atoms with Crippen LogP contribution in [0.15, 0.2) is 12.1 Å². The molecule has 0 saturated carbocycles. The first kappa shape index (κ1) is 11.4. The van der Waals surface area contributed by atoms with Crippen LogP contribution in [0.2, 0.25) is 0 Å². The summed E-state index contributed by atoms with van der Waals surface area (Å²) in [4.78, 5) is 0. The van der Waals surface area contributed by atoms with Crippen LogP contribution in [-0.4, -0.2) is 20.3 Å². The van der Waals surface area contributed by atoms with Gasteiger partial charge < -0.3 is 9.47 Å². The second kappa shape index (κ2) is 5.27. The van der Waals surface area contributed by atoms with Gasteiger partial charge in [-0.3, -0.25) is 0 Å². The summed E-state index contributed by atoms with van der Waals surface area (Å²) >= 11 is 0. The molecule has 0 aromatic heterocycles. The highest BCUT2D eigenvalue weighted by Gasteiger charge is 2.12. The van der Waals surface area contributed by atoms with Gasteiger partial charge in [0.2, 0.25) is 0 Å². The first-order valence-corrected chi connectivity index (χ1v) is 4.20. The quantitative estimate of drug-likeness (QED) is 0.717. The number of nitrogens with zero attached hydrogens (tertiary/aromatic N) is 1. The van der Waals surface area contributed by atoms with Crippen LogP contribution >= 0.6 is 0 Å². The Labute approximate surface area is 85.8 Å². The topological polar surface area (TPSA) is 42.2 Å². The van der Waals surface area contributed by atoms with Gasteiger partial charge >= 0.3 is 0 Å². The van der Waals surface area contributed by atoms with E-state index in [4.69, 9.17) is 10.00 Å². The minimum Gasteiger partial charge on any atom is -0.485 e. The minimum atomic E-state index is -0.886. The lowest BCUT2D eigenvalue weighted by Crippen LogP contribution is -2.07. The van der Waals surface area contributed by atoms with E-state index in [1.54, 1.807) is 6.07 Å². The van der Waals surface area contributed by atoms with E-state index in [9.17, 15) is 8.78 Å². The molecule has 0 bridgehead atoms. The molecular formula is C10H9F2NO2. The van der Waals surface area contributed by atoms with Gasteiger partial charge in [-0.1, -0.05) is 0 Å². The van der Waals surface area contributed by atoms with Gasteiger partial charge in [0.15, 0.2) is 17.4 Å². The average Bonchev–Trinajstić information content (AvgIpc) is 2.22.